The summed E-state index contributed by atoms with van der Waals surface area (Å²) in [6.07, 6.45) is 3.34. The lowest BCUT2D eigenvalue weighted by atomic mass is 10.3. The van der Waals surface area contributed by atoms with Gasteiger partial charge in [-0.25, -0.2) is 0 Å². The first-order valence-corrected chi connectivity index (χ1v) is 4.08. The zero-order chi connectivity index (χ0) is 9.84. The molecule has 0 bridgehead atoms. The number of hydrogen-bond donors (Lipinski definition) is 2. The highest BCUT2D eigenvalue weighted by atomic mass is 35.5. The molecule has 0 aliphatic rings. The van der Waals surface area contributed by atoms with Crippen LogP contribution in [-0.2, 0) is 4.74 Å². The SMILES string of the molecule is C=C/C(OC)=c1/cc[nH]/c1=C(/N)Cl. The summed E-state index contributed by atoms with van der Waals surface area (Å²) in [4.78, 5) is 2.91. The first-order valence-electron chi connectivity index (χ1n) is 3.70. The number of hydrogen-bond acceptors (Lipinski definition) is 2. The van der Waals surface area contributed by atoms with E-state index in [9.17, 15) is 0 Å². The molecular formula is C9H11ClN2O. The summed E-state index contributed by atoms with van der Waals surface area (Å²) in [6, 6.07) is 1.82. The Morgan fingerprint density at radius 1 is 1.77 bits per heavy atom. The number of H-pyrrole nitrogens is 1. The molecule has 0 saturated carbocycles. The summed E-state index contributed by atoms with van der Waals surface area (Å²) >= 11 is 5.67. The van der Waals surface area contributed by atoms with Gasteiger partial charge in [-0.2, -0.15) is 0 Å². The Balaban J connectivity index is 3.63. The van der Waals surface area contributed by atoms with E-state index in [2.05, 4.69) is 11.6 Å². The van der Waals surface area contributed by atoms with Gasteiger partial charge in [0.15, 0.2) is 0 Å². The minimum absolute atomic E-state index is 0.205. The van der Waals surface area contributed by atoms with Crippen LogP contribution in [0.4, 0.5) is 0 Å². The monoisotopic (exact) mass is 198 g/mol. The van der Waals surface area contributed by atoms with Crippen molar-refractivity contribution < 1.29 is 4.74 Å². The standard InChI is InChI=1S/C9H11ClN2O/c1-3-7(13-2)6-4-5-12-8(6)9(10)11/h3-5,12H,1,11H2,2H3/b7-6+,9-8+. The zero-order valence-corrected chi connectivity index (χ0v) is 8.06. The molecule has 0 aliphatic heterocycles. The average Bonchev–Trinajstić information content (AvgIpc) is 2.55. The smallest absolute Gasteiger partial charge is 0.127 e. The average molecular weight is 199 g/mol. The number of halogens is 1. The molecule has 0 atom stereocenters. The van der Waals surface area contributed by atoms with E-state index >= 15 is 0 Å². The predicted molar refractivity (Wildman–Crippen MR) is 54.1 cm³/mol. The fourth-order valence-electron chi connectivity index (χ4n) is 1.08. The normalized spacial score (nSPS) is 14.9. The van der Waals surface area contributed by atoms with E-state index in [1.807, 2.05) is 6.07 Å². The highest BCUT2D eigenvalue weighted by Crippen LogP contribution is 1.92. The molecule has 0 radical (unpaired) electrons. The van der Waals surface area contributed by atoms with Gasteiger partial charge in [-0.1, -0.05) is 18.2 Å². The van der Waals surface area contributed by atoms with Crippen molar-refractivity contribution in [2.75, 3.05) is 7.11 Å². The molecule has 0 fully saturated rings. The van der Waals surface area contributed by atoms with Crippen molar-refractivity contribution in [3.63, 3.8) is 0 Å². The molecule has 0 aromatic carbocycles. The minimum atomic E-state index is 0.205. The molecule has 3 N–H and O–H groups in total. The van der Waals surface area contributed by atoms with Crippen LogP contribution in [0.5, 0.6) is 0 Å². The Labute approximate surface area is 81.2 Å². The topological polar surface area (TPSA) is 51.0 Å². The summed E-state index contributed by atoms with van der Waals surface area (Å²) in [5.41, 5.74) is 5.45. The first kappa shape index (κ1) is 9.74. The van der Waals surface area contributed by atoms with Crippen LogP contribution >= 0.6 is 11.6 Å². The van der Waals surface area contributed by atoms with Gasteiger partial charge in [0.1, 0.15) is 10.9 Å². The van der Waals surface area contributed by atoms with E-state index in [1.165, 1.54) is 0 Å². The van der Waals surface area contributed by atoms with Gasteiger partial charge in [-0.15, -0.1) is 0 Å². The van der Waals surface area contributed by atoms with Crippen molar-refractivity contribution in [3.05, 3.63) is 35.5 Å². The number of nitrogens with one attached hydrogen (secondary N) is 1. The van der Waals surface area contributed by atoms with Crippen molar-refractivity contribution in [1.29, 1.82) is 0 Å². The summed E-state index contributed by atoms with van der Waals surface area (Å²) in [5.74, 6) is 0.639. The molecular weight excluding hydrogens is 188 g/mol. The third-order valence-corrected chi connectivity index (χ3v) is 1.85. The van der Waals surface area contributed by atoms with Crippen molar-refractivity contribution in [2.24, 2.45) is 5.73 Å². The van der Waals surface area contributed by atoms with Crippen molar-refractivity contribution >= 4 is 22.5 Å². The van der Waals surface area contributed by atoms with Gasteiger partial charge in [0.05, 0.1) is 12.5 Å². The van der Waals surface area contributed by atoms with E-state index in [0.29, 0.717) is 11.1 Å². The predicted octanol–water partition coefficient (Wildman–Crippen LogP) is 0.219. The summed E-state index contributed by atoms with van der Waals surface area (Å²) in [7, 11) is 1.57. The van der Waals surface area contributed by atoms with E-state index < -0.39 is 0 Å². The molecule has 1 aromatic rings. The van der Waals surface area contributed by atoms with Crippen molar-refractivity contribution in [2.45, 2.75) is 0 Å². The molecule has 1 rings (SSSR count). The second-order valence-electron chi connectivity index (χ2n) is 2.39. The Bertz CT molecular complexity index is 415. The lowest BCUT2D eigenvalue weighted by Crippen LogP contribution is -2.28. The zero-order valence-electron chi connectivity index (χ0n) is 7.30. The Hall–Kier alpha value is -1.35. The van der Waals surface area contributed by atoms with Crippen LogP contribution < -0.4 is 16.3 Å². The Morgan fingerprint density at radius 3 is 2.92 bits per heavy atom. The van der Waals surface area contributed by atoms with Crippen LogP contribution in [0.1, 0.15) is 0 Å². The molecule has 3 nitrogen and oxygen atoms in total. The highest BCUT2D eigenvalue weighted by molar-refractivity contribution is 6.44. The molecule has 0 amide bonds. The largest absolute Gasteiger partial charge is 0.496 e. The van der Waals surface area contributed by atoms with Crippen LogP contribution in [0, 0.1) is 0 Å². The maximum atomic E-state index is 5.67. The van der Waals surface area contributed by atoms with Gasteiger partial charge in [0.2, 0.25) is 0 Å². The fraction of sp³-hybridized carbons (Fsp3) is 0.111. The van der Waals surface area contributed by atoms with Gasteiger partial charge in [-0.05, 0) is 12.1 Å². The molecule has 0 spiro atoms. The van der Waals surface area contributed by atoms with Crippen molar-refractivity contribution in [3.8, 4) is 0 Å². The summed E-state index contributed by atoms with van der Waals surface area (Å²) in [6.45, 7) is 3.62. The van der Waals surface area contributed by atoms with Gasteiger partial charge in [0, 0.05) is 11.4 Å². The lowest BCUT2D eigenvalue weighted by Gasteiger charge is -1.96. The Kier molecular flexibility index (Phi) is 3.03. The van der Waals surface area contributed by atoms with E-state index in [4.69, 9.17) is 22.1 Å². The van der Waals surface area contributed by atoms with Crippen LogP contribution in [-0.4, -0.2) is 12.1 Å². The molecule has 13 heavy (non-hydrogen) atoms. The quantitative estimate of drug-likeness (QED) is 0.668. The van der Waals surface area contributed by atoms with E-state index in [-0.39, 0.29) is 5.16 Å². The van der Waals surface area contributed by atoms with Gasteiger partial charge in [0.25, 0.3) is 0 Å². The van der Waals surface area contributed by atoms with Crippen LogP contribution in [0.2, 0.25) is 0 Å². The first-order chi connectivity index (χ1) is 6.20. The van der Waals surface area contributed by atoms with Gasteiger partial charge >= 0.3 is 0 Å². The molecule has 0 saturated heterocycles. The number of methoxy groups -OCH3 is 1. The number of aromatic amines is 1. The summed E-state index contributed by atoms with van der Waals surface area (Å²) in [5, 5.41) is 1.67. The molecule has 70 valence electrons. The maximum absolute atomic E-state index is 5.67. The van der Waals surface area contributed by atoms with Crippen LogP contribution in [0.3, 0.4) is 0 Å². The van der Waals surface area contributed by atoms with E-state index in [0.717, 1.165) is 5.22 Å². The minimum Gasteiger partial charge on any atom is -0.496 e. The second-order valence-corrected chi connectivity index (χ2v) is 2.79. The molecule has 1 aromatic heterocycles. The molecule has 4 heteroatoms. The maximum Gasteiger partial charge on any atom is 0.127 e. The lowest BCUT2D eigenvalue weighted by molar-refractivity contribution is 0.370. The van der Waals surface area contributed by atoms with Gasteiger partial charge in [-0.3, -0.25) is 0 Å². The fourth-order valence-corrected chi connectivity index (χ4v) is 1.23. The number of ether oxygens (including phenoxy) is 1. The molecule has 0 unspecified atom stereocenters. The van der Waals surface area contributed by atoms with Crippen LogP contribution in [0.15, 0.2) is 24.9 Å². The number of rotatable bonds is 2. The third-order valence-electron chi connectivity index (χ3n) is 1.66. The van der Waals surface area contributed by atoms with Crippen LogP contribution in [0.25, 0.3) is 10.9 Å². The third kappa shape index (κ3) is 1.87. The van der Waals surface area contributed by atoms with Gasteiger partial charge < -0.3 is 15.5 Å². The van der Waals surface area contributed by atoms with E-state index in [1.54, 1.807) is 19.4 Å². The molecule has 0 aliphatic carbocycles. The second kappa shape index (κ2) is 4.05. The molecule has 1 heterocycles. The number of aromatic nitrogens is 1. The highest BCUT2D eigenvalue weighted by Gasteiger charge is 1.96. The summed E-state index contributed by atoms with van der Waals surface area (Å²) < 4.78 is 5.09. The number of nitrogens with two attached hydrogens (primary N) is 1. The Morgan fingerprint density at radius 2 is 2.46 bits per heavy atom. The van der Waals surface area contributed by atoms with Crippen molar-refractivity contribution in [1.82, 2.24) is 4.98 Å².